The molecule has 0 aliphatic heterocycles. The van der Waals surface area contributed by atoms with Gasteiger partial charge in [0.15, 0.2) is 5.96 Å². The summed E-state index contributed by atoms with van der Waals surface area (Å²) in [5, 5.41) is 6.87. The minimum Gasteiger partial charge on any atom is -0.355 e. The summed E-state index contributed by atoms with van der Waals surface area (Å²) in [5.41, 5.74) is 0. The second kappa shape index (κ2) is 10.4. The Kier molecular flexibility index (Phi) is 9.31. The average molecular weight is 448 g/mol. The topological polar surface area (TPSA) is 39.7 Å². The smallest absolute Gasteiger partial charge is 0.191 e. The van der Waals surface area contributed by atoms with Crippen molar-refractivity contribution in [3.63, 3.8) is 0 Å². The van der Waals surface area contributed by atoms with Crippen LogP contribution < -0.4 is 10.6 Å². The van der Waals surface area contributed by atoms with Gasteiger partial charge in [-0.15, -0.1) is 35.7 Å². The number of halogens is 1. The van der Waals surface area contributed by atoms with Crippen molar-refractivity contribution in [3.8, 4) is 0 Å². The van der Waals surface area contributed by atoms with E-state index in [0.717, 1.165) is 32.1 Å². The molecule has 2 rings (SSSR count). The third kappa shape index (κ3) is 7.30. The number of hydrogen-bond donors (Lipinski definition) is 2. The van der Waals surface area contributed by atoms with E-state index in [-0.39, 0.29) is 24.0 Å². The lowest BCUT2D eigenvalue weighted by molar-refractivity contribution is 0.357. The predicted octanol–water partition coefficient (Wildman–Crippen LogP) is 3.05. The molecule has 0 heterocycles. The molecule has 0 atom stereocenters. The summed E-state index contributed by atoms with van der Waals surface area (Å²) in [4.78, 5) is 7.96. The minimum absolute atomic E-state index is 0. The molecule has 1 aliphatic carbocycles. The van der Waals surface area contributed by atoms with Crippen LogP contribution >= 0.6 is 35.7 Å². The number of guanidine groups is 1. The maximum atomic E-state index is 4.32. The van der Waals surface area contributed by atoms with E-state index in [9.17, 15) is 0 Å². The van der Waals surface area contributed by atoms with Gasteiger partial charge in [-0.1, -0.05) is 25.1 Å². The summed E-state index contributed by atoms with van der Waals surface area (Å²) >= 11 is 1.99. The summed E-state index contributed by atoms with van der Waals surface area (Å²) in [7, 11) is 3.97. The fraction of sp³-hybridized carbons (Fsp3) is 0.588. The molecule has 2 N–H and O–H groups in total. The maximum Gasteiger partial charge on any atom is 0.191 e. The monoisotopic (exact) mass is 448 g/mol. The molecule has 23 heavy (non-hydrogen) atoms. The van der Waals surface area contributed by atoms with Crippen LogP contribution in [0.25, 0.3) is 0 Å². The van der Waals surface area contributed by atoms with Gasteiger partial charge in [-0.05, 0) is 38.6 Å². The van der Waals surface area contributed by atoms with Gasteiger partial charge in [0, 0.05) is 36.3 Å². The lowest BCUT2D eigenvalue weighted by atomic mass is 10.4. The SMILES string of the molecule is CCN(C)CCNC(=NC)NCC1(Sc2ccccc2)CC1.I. The zero-order chi connectivity index (χ0) is 15.8. The van der Waals surface area contributed by atoms with Crippen molar-refractivity contribution in [2.45, 2.75) is 29.4 Å². The highest BCUT2D eigenvalue weighted by molar-refractivity contribution is 14.0. The first-order valence-electron chi connectivity index (χ1n) is 8.04. The lowest BCUT2D eigenvalue weighted by Crippen LogP contribution is -2.43. The molecule has 1 aliphatic rings. The molecule has 0 aromatic heterocycles. The number of thioether (sulfide) groups is 1. The molecule has 1 aromatic rings. The van der Waals surface area contributed by atoms with Gasteiger partial charge < -0.3 is 15.5 Å². The number of rotatable bonds is 8. The van der Waals surface area contributed by atoms with Gasteiger partial charge in [-0.2, -0.15) is 0 Å². The summed E-state index contributed by atoms with van der Waals surface area (Å²) in [6.07, 6.45) is 2.55. The van der Waals surface area contributed by atoms with E-state index in [1.165, 1.54) is 17.7 Å². The Morgan fingerprint density at radius 2 is 1.96 bits per heavy atom. The van der Waals surface area contributed by atoms with Crippen LogP contribution in [0.4, 0.5) is 0 Å². The first-order chi connectivity index (χ1) is 10.7. The van der Waals surface area contributed by atoms with Crippen molar-refractivity contribution in [2.75, 3.05) is 40.3 Å². The number of hydrogen-bond acceptors (Lipinski definition) is 3. The summed E-state index contributed by atoms with van der Waals surface area (Å²) in [6, 6.07) is 10.7. The second-order valence-electron chi connectivity index (χ2n) is 5.85. The Morgan fingerprint density at radius 1 is 1.26 bits per heavy atom. The summed E-state index contributed by atoms with van der Waals surface area (Å²) in [6.45, 7) is 6.16. The molecule has 0 amide bonds. The van der Waals surface area contributed by atoms with Crippen molar-refractivity contribution >= 4 is 41.7 Å². The van der Waals surface area contributed by atoms with Crippen LogP contribution in [0.3, 0.4) is 0 Å². The van der Waals surface area contributed by atoms with Gasteiger partial charge in [0.2, 0.25) is 0 Å². The van der Waals surface area contributed by atoms with Gasteiger partial charge in [-0.25, -0.2) is 0 Å². The Labute approximate surface area is 161 Å². The second-order valence-corrected chi connectivity index (χ2v) is 7.39. The van der Waals surface area contributed by atoms with E-state index < -0.39 is 0 Å². The Hall–Kier alpha value is -0.470. The normalized spacial score (nSPS) is 15.9. The summed E-state index contributed by atoms with van der Waals surface area (Å²) < 4.78 is 0.346. The Morgan fingerprint density at radius 3 is 2.52 bits per heavy atom. The highest BCUT2D eigenvalue weighted by atomic mass is 127. The molecule has 0 spiro atoms. The molecule has 4 nitrogen and oxygen atoms in total. The van der Waals surface area contributed by atoms with Crippen LogP contribution in [0.5, 0.6) is 0 Å². The third-order valence-electron chi connectivity index (χ3n) is 4.01. The van der Waals surface area contributed by atoms with E-state index in [2.05, 4.69) is 64.8 Å². The predicted molar refractivity (Wildman–Crippen MR) is 112 cm³/mol. The standard InChI is InChI=1S/C17H28N4S.HI/c1-4-21(3)13-12-19-16(18-2)20-14-17(10-11-17)22-15-8-6-5-7-9-15;/h5-9H,4,10-14H2,1-3H3,(H2,18,19,20);1H. The fourth-order valence-corrected chi connectivity index (χ4v) is 3.43. The molecule has 1 aromatic carbocycles. The highest BCUT2D eigenvalue weighted by Crippen LogP contribution is 2.51. The van der Waals surface area contributed by atoms with Gasteiger partial charge in [0.05, 0.1) is 0 Å². The van der Waals surface area contributed by atoms with E-state index >= 15 is 0 Å². The van der Waals surface area contributed by atoms with E-state index in [4.69, 9.17) is 0 Å². The molecule has 1 fully saturated rings. The molecular formula is C17H29IN4S. The van der Waals surface area contributed by atoms with E-state index in [1.54, 1.807) is 0 Å². The molecule has 130 valence electrons. The molecule has 0 radical (unpaired) electrons. The first-order valence-corrected chi connectivity index (χ1v) is 8.86. The molecule has 6 heteroatoms. The Balaban J connectivity index is 0.00000264. The zero-order valence-corrected chi connectivity index (χ0v) is 17.5. The van der Waals surface area contributed by atoms with Crippen molar-refractivity contribution in [2.24, 2.45) is 4.99 Å². The van der Waals surface area contributed by atoms with Crippen molar-refractivity contribution in [3.05, 3.63) is 30.3 Å². The molecule has 0 saturated heterocycles. The first kappa shape index (κ1) is 20.6. The van der Waals surface area contributed by atoms with Crippen LogP contribution in [-0.4, -0.2) is 55.9 Å². The number of likely N-dealkylation sites (N-methyl/N-ethyl adjacent to an activating group) is 1. The highest BCUT2D eigenvalue weighted by Gasteiger charge is 2.43. The maximum absolute atomic E-state index is 4.32. The van der Waals surface area contributed by atoms with Crippen LogP contribution in [0.1, 0.15) is 19.8 Å². The number of nitrogens with one attached hydrogen (secondary N) is 2. The number of aliphatic imine (C=N–C) groups is 1. The van der Waals surface area contributed by atoms with Crippen molar-refractivity contribution < 1.29 is 0 Å². The van der Waals surface area contributed by atoms with Crippen molar-refractivity contribution in [1.29, 1.82) is 0 Å². The van der Waals surface area contributed by atoms with Gasteiger partial charge in [0.1, 0.15) is 0 Å². The molecule has 1 saturated carbocycles. The van der Waals surface area contributed by atoms with Crippen LogP contribution in [0.2, 0.25) is 0 Å². The average Bonchev–Trinajstić information content (AvgIpc) is 3.31. The Bertz CT molecular complexity index is 477. The summed E-state index contributed by atoms with van der Waals surface area (Å²) in [5.74, 6) is 0.907. The van der Waals surface area contributed by atoms with Gasteiger partial charge in [-0.3, -0.25) is 4.99 Å². The number of benzene rings is 1. The third-order valence-corrected chi connectivity index (χ3v) is 5.51. The van der Waals surface area contributed by atoms with Crippen LogP contribution in [0, 0.1) is 0 Å². The fourth-order valence-electron chi connectivity index (χ4n) is 2.18. The molecule has 0 bridgehead atoms. The van der Waals surface area contributed by atoms with Crippen LogP contribution in [0.15, 0.2) is 40.2 Å². The van der Waals surface area contributed by atoms with E-state index in [1.807, 2.05) is 18.8 Å². The quantitative estimate of drug-likeness (QED) is 0.365. The minimum atomic E-state index is 0. The van der Waals surface area contributed by atoms with Gasteiger partial charge in [0.25, 0.3) is 0 Å². The zero-order valence-electron chi connectivity index (χ0n) is 14.3. The largest absolute Gasteiger partial charge is 0.355 e. The lowest BCUT2D eigenvalue weighted by Gasteiger charge is -2.19. The molecule has 0 unspecified atom stereocenters. The van der Waals surface area contributed by atoms with E-state index in [0.29, 0.717) is 4.75 Å². The molecular weight excluding hydrogens is 419 g/mol. The van der Waals surface area contributed by atoms with Crippen molar-refractivity contribution in [1.82, 2.24) is 15.5 Å². The number of nitrogens with zero attached hydrogens (tertiary/aromatic N) is 2. The van der Waals surface area contributed by atoms with Crippen LogP contribution in [-0.2, 0) is 0 Å². The van der Waals surface area contributed by atoms with Gasteiger partial charge >= 0.3 is 0 Å².